The van der Waals surface area contributed by atoms with Gasteiger partial charge in [-0.1, -0.05) is 24.3 Å². The highest BCUT2D eigenvalue weighted by Gasteiger charge is 2.52. The van der Waals surface area contributed by atoms with Gasteiger partial charge in [0.05, 0.1) is 27.8 Å². The number of benzene rings is 3. The van der Waals surface area contributed by atoms with E-state index < -0.39 is 7.12 Å². The van der Waals surface area contributed by atoms with Crippen molar-refractivity contribution in [2.45, 2.75) is 38.9 Å². The monoisotopic (exact) mass is 406 g/mol. The second-order valence-corrected chi connectivity index (χ2v) is 9.43. The number of rotatable bonds is 1. The highest BCUT2D eigenvalue weighted by Crippen LogP contribution is 2.36. The fourth-order valence-corrected chi connectivity index (χ4v) is 4.36. The molecule has 0 spiro atoms. The van der Waals surface area contributed by atoms with E-state index in [-0.39, 0.29) is 11.2 Å². The van der Waals surface area contributed by atoms with Crippen LogP contribution in [0, 0.1) is 0 Å². The van der Waals surface area contributed by atoms with Gasteiger partial charge in [-0.05, 0) is 85.6 Å². The first-order valence-electron chi connectivity index (χ1n) is 10.7. The van der Waals surface area contributed by atoms with E-state index >= 15 is 0 Å². The number of hydrogen-bond donors (Lipinski definition) is 0. The van der Waals surface area contributed by atoms with Crippen molar-refractivity contribution in [1.82, 2.24) is 9.97 Å². The van der Waals surface area contributed by atoms with E-state index in [2.05, 4.69) is 81.2 Å². The Hall–Kier alpha value is -3.02. The Balaban J connectivity index is 1.54. The van der Waals surface area contributed by atoms with E-state index in [1.165, 1.54) is 21.5 Å². The first-order chi connectivity index (χ1) is 14.8. The molecule has 0 unspecified atom stereocenters. The maximum atomic E-state index is 6.21. The standard InChI is InChI=1S/C26H23BN2O2/c1-25(2)26(3,4)31-27(30-25)24-10-9-19-13-17-8-7-16-12-18-6-5-11-28-22(18)14-20(16)21(17)15-23(19)29-24/h5-15H,1-4H3. The molecule has 5 heteroatoms. The Bertz CT molecular complexity index is 1490. The predicted octanol–water partition coefficient (Wildman–Crippen LogP) is 5.39. The van der Waals surface area contributed by atoms with E-state index in [4.69, 9.17) is 14.3 Å². The van der Waals surface area contributed by atoms with Crippen molar-refractivity contribution in [3.63, 3.8) is 0 Å². The zero-order valence-electron chi connectivity index (χ0n) is 18.1. The van der Waals surface area contributed by atoms with Crippen LogP contribution in [0.1, 0.15) is 27.7 Å². The van der Waals surface area contributed by atoms with Crippen LogP contribution in [-0.4, -0.2) is 28.3 Å². The molecule has 6 rings (SSSR count). The van der Waals surface area contributed by atoms with Gasteiger partial charge in [0.2, 0.25) is 0 Å². The molecule has 0 bridgehead atoms. The molecule has 0 radical (unpaired) electrons. The van der Waals surface area contributed by atoms with Gasteiger partial charge in [-0.2, -0.15) is 0 Å². The highest BCUT2D eigenvalue weighted by atomic mass is 16.7. The van der Waals surface area contributed by atoms with Crippen molar-refractivity contribution in [2.75, 3.05) is 0 Å². The molecule has 2 aromatic heterocycles. The average molecular weight is 406 g/mol. The van der Waals surface area contributed by atoms with Crippen molar-refractivity contribution < 1.29 is 9.31 Å². The van der Waals surface area contributed by atoms with Crippen molar-refractivity contribution >= 4 is 56.1 Å². The summed E-state index contributed by atoms with van der Waals surface area (Å²) < 4.78 is 12.4. The number of hydrogen-bond acceptors (Lipinski definition) is 4. The maximum Gasteiger partial charge on any atom is 0.514 e. The molecule has 0 atom stereocenters. The third-order valence-corrected chi connectivity index (χ3v) is 6.88. The quantitative estimate of drug-likeness (QED) is 0.213. The smallest absolute Gasteiger partial charge is 0.398 e. The van der Waals surface area contributed by atoms with E-state index in [9.17, 15) is 0 Å². The summed E-state index contributed by atoms with van der Waals surface area (Å²) in [5.41, 5.74) is 1.97. The van der Waals surface area contributed by atoms with Gasteiger partial charge < -0.3 is 9.31 Å². The van der Waals surface area contributed by atoms with Gasteiger partial charge in [-0.3, -0.25) is 9.97 Å². The van der Waals surface area contributed by atoms with Crippen LogP contribution in [-0.2, 0) is 9.31 Å². The van der Waals surface area contributed by atoms with Crippen molar-refractivity contribution in [1.29, 1.82) is 0 Å². The molecular weight excluding hydrogens is 383 g/mol. The van der Waals surface area contributed by atoms with Gasteiger partial charge in [-0.25, -0.2) is 0 Å². The lowest BCUT2D eigenvalue weighted by Gasteiger charge is -2.32. The fourth-order valence-electron chi connectivity index (χ4n) is 4.36. The minimum Gasteiger partial charge on any atom is -0.398 e. The molecule has 5 aromatic rings. The van der Waals surface area contributed by atoms with Gasteiger partial charge >= 0.3 is 7.12 Å². The summed E-state index contributed by atoms with van der Waals surface area (Å²) in [6, 6.07) is 21.3. The van der Waals surface area contributed by atoms with Crippen LogP contribution in [0.5, 0.6) is 0 Å². The molecule has 31 heavy (non-hydrogen) atoms. The summed E-state index contributed by atoms with van der Waals surface area (Å²) in [6.07, 6.45) is 1.84. The van der Waals surface area contributed by atoms with Crippen LogP contribution >= 0.6 is 0 Å². The van der Waals surface area contributed by atoms with Gasteiger partial charge in [0, 0.05) is 17.0 Å². The van der Waals surface area contributed by atoms with Gasteiger partial charge in [0.25, 0.3) is 0 Å². The molecule has 152 valence electrons. The largest absolute Gasteiger partial charge is 0.514 e. The van der Waals surface area contributed by atoms with Crippen LogP contribution < -0.4 is 5.59 Å². The molecule has 1 fully saturated rings. The number of pyridine rings is 2. The minimum atomic E-state index is -0.467. The number of nitrogens with zero attached hydrogens (tertiary/aromatic N) is 2. The van der Waals surface area contributed by atoms with Crippen LogP contribution in [0.2, 0.25) is 0 Å². The first kappa shape index (κ1) is 18.7. The molecule has 0 saturated carbocycles. The van der Waals surface area contributed by atoms with Crippen molar-refractivity contribution in [3.8, 4) is 0 Å². The van der Waals surface area contributed by atoms with Crippen LogP contribution in [0.25, 0.3) is 43.4 Å². The van der Waals surface area contributed by atoms with E-state index in [0.29, 0.717) is 0 Å². The van der Waals surface area contributed by atoms with Gasteiger partial charge in [0.1, 0.15) is 0 Å². The Labute approximate surface area is 181 Å². The zero-order valence-corrected chi connectivity index (χ0v) is 18.1. The second kappa shape index (κ2) is 6.25. The molecule has 0 N–H and O–H groups in total. The number of fused-ring (bicyclic) bond motifs is 5. The third kappa shape index (κ3) is 2.84. The summed E-state index contributed by atoms with van der Waals surface area (Å²) in [4.78, 5) is 9.49. The van der Waals surface area contributed by atoms with Crippen LogP contribution in [0.15, 0.2) is 66.9 Å². The molecule has 4 nitrogen and oxygen atoms in total. The SMILES string of the molecule is CC1(C)OB(c2ccc3cc4ccc5cc6cccnc6cc5c4cc3n2)OC1(C)C. The lowest BCUT2D eigenvalue weighted by atomic mass is 9.84. The van der Waals surface area contributed by atoms with Crippen molar-refractivity contribution in [2.24, 2.45) is 0 Å². The highest BCUT2D eigenvalue weighted by molar-refractivity contribution is 6.61. The topological polar surface area (TPSA) is 44.2 Å². The Morgan fingerprint density at radius 2 is 1.26 bits per heavy atom. The molecule has 0 aliphatic carbocycles. The zero-order chi connectivity index (χ0) is 21.4. The summed E-state index contributed by atoms with van der Waals surface area (Å²) >= 11 is 0. The molecule has 0 amide bonds. The lowest BCUT2D eigenvalue weighted by molar-refractivity contribution is 0.00578. The Morgan fingerprint density at radius 1 is 0.677 bits per heavy atom. The van der Waals surface area contributed by atoms with E-state index in [1.54, 1.807) is 0 Å². The minimum absolute atomic E-state index is 0.387. The number of aromatic nitrogens is 2. The molecule has 3 aromatic carbocycles. The summed E-state index contributed by atoms with van der Waals surface area (Å²) in [5.74, 6) is 0. The Kier molecular flexibility index (Phi) is 3.78. The summed E-state index contributed by atoms with van der Waals surface area (Å²) in [5, 5.41) is 7.02. The molecular formula is C26H23BN2O2. The van der Waals surface area contributed by atoms with Crippen LogP contribution in [0.3, 0.4) is 0 Å². The van der Waals surface area contributed by atoms with Crippen molar-refractivity contribution in [3.05, 3.63) is 66.9 Å². The van der Waals surface area contributed by atoms with Gasteiger partial charge in [0.15, 0.2) is 0 Å². The second-order valence-electron chi connectivity index (χ2n) is 9.43. The first-order valence-corrected chi connectivity index (χ1v) is 10.7. The van der Waals surface area contributed by atoms with E-state index in [0.717, 1.165) is 27.4 Å². The molecule has 3 heterocycles. The average Bonchev–Trinajstić information content (AvgIpc) is 2.97. The lowest BCUT2D eigenvalue weighted by Crippen LogP contribution is -2.41. The molecule has 1 aliphatic rings. The Morgan fingerprint density at radius 3 is 1.94 bits per heavy atom. The fraction of sp³-hybridized carbons (Fsp3) is 0.231. The van der Waals surface area contributed by atoms with E-state index in [1.807, 2.05) is 18.3 Å². The summed E-state index contributed by atoms with van der Waals surface area (Å²) in [6.45, 7) is 8.25. The maximum absolute atomic E-state index is 6.21. The normalized spacial score (nSPS) is 17.9. The summed E-state index contributed by atoms with van der Waals surface area (Å²) in [7, 11) is -0.467. The molecule has 1 aliphatic heterocycles. The van der Waals surface area contributed by atoms with Crippen LogP contribution in [0.4, 0.5) is 0 Å². The predicted molar refractivity (Wildman–Crippen MR) is 128 cm³/mol. The third-order valence-electron chi connectivity index (χ3n) is 6.88. The molecule has 1 saturated heterocycles. The van der Waals surface area contributed by atoms with Gasteiger partial charge in [-0.15, -0.1) is 0 Å².